The highest BCUT2D eigenvalue weighted by molar-refractivity contribution is 5.75. The van der Waals surface area contributed by atoms with Crippen molar-refractivity contribution in [3.05, 3.63) is 65.0 Å². The van der Waals surface area contributed by atoms with Gasteiger partial charge in [0, 0.05) is 25.0 Å². The molecule has 0 amide bonds. The van der Waals surface area contributed by atoms with Crippen LogP contribution in [0.1, 0.15) is 44.4 Å². The lowest BCUT2D eigenvalue weighted by molar-refractivity contribution is 0.359. The third kappa shape index (κ3) is 3.69. The van der Waals surface area contributed by atoms with Gasteiger partial charge in [-0.15, -0.1) is 0 Å². The monoisotopic (exact) mass is 310 g/mol. The highest BCUT2D eigenvalue weighted by Crippen LogP contribution is 2.31. The van der Waals surface area contributed by atoms with Crippen LogP contribution in [0.5, 0.6) is 0 Å². The quantitative estimate of drug-likeness (QED) is 0.821. The van der Waals surface area contributed by atoms with Crippen LogP contribution >= 0.6 is 0 Å². The summed E-state index contributed by atoms with van der Waals surface area (Å²) >= 11 is 0. The van der Waals surface area contributed by atoms with E-state index in [0.29, 0.717) is 0 Å². The molecule has 0 saturated heterocycles. The van der Waals surface area contributed by atoms with E-state index < -0.39 is 0 Å². The van der Waals surface area contributed by atoms with Crippen molar-refractivity contribution in [1.82, 2.24) is 10.2 Å². The number of nitrogens with zero attached hydrogens (tertiary/aromatic N) is 1. The zero-order valence-corrected chi connectivity index (χ0v) is 15.2. The largest absolute Gasteiger partial charge is 0.387 e. The van der Waals surface area contributed by atoms with Crippen molar-refractivity contribution in [2.24, 2.45) is 0 Å². The Hall–Kier alpha value is -1.96. The average Bonchev–Trinajstić information content (AvgIpc) is 2.57. The molecule has 0 aromatic heterocycles. The maximum Gasteiger partial charge on any atom is 0.0937 e. The maximum absolute atomic E-state index is 3.55. The van der Waals surface area contributed by atoms with Crippen molar-refractivity contribution in [2.45, 2.75) is 47.1 Å². The molecule has 0 fully saturated rings. The number of benzene rings is 1. The first-order valence-electron chi connectivity index (χ1n) is 8.80. The Balaban J connectivity index is 2.46. The summed E-state index contributed by atoms with van der Waals surface area (Å²) in [6.45, 7) is 12.9. The van der Waals surface area contributed by atoms with Gasteiger partial charge >= 0.3 is 0 Å². The smallest absolute Gasteiger partial charge is 0.0937 e. The van der Waals surface area contributed by atoms with E-state index in [-0.39, 0.29) is 6.04 Å². The van der Waals surface area contributed by atoms with Gasteiger partial charge in [-0.05, 0) is 68.5 Å². The Morgan fingerprint density at radius 3 is 2.61 bits per heavy atom. The molecule has 0 saturated carbocycles. The highest BCUT2D eigenvalue weighted by atomic mass is 15.2. The minimum atomic E-state index is 0.265. The van der Waals surface area contributed by atoms with Crippen LogP contribution in [0.3, 0.4) is 0 Å². The van der Waals surface area contributed by atoms with Gasteiger partial charge in [0.1, 0.15) is 0 Å². The van der Waals surface area contributed by atoms with Crippen LogP contribution < -0.4 is 5.32 Å². The highest BCUT2D eigenvalue weighted by Gasteiger charge is 2.26. The molecule has 2 heteroatoms. The lowest BCUT2D eigenvalue weighted by Gasteiger charge is -2.36. The second-order valence-corrected chi connectivity index (χ2v) is 5.97. The van der Waals surface area contributed by atoms with Crippen molar-refractivity contribution in [1.29, 1.82) is 0 Å². The van der Waals surface area contributed by atoms with E-state index in [2.05, 4.69) is 87.5 Å². The fraction of sp³-hybridized carbons (Fsp3) is 0.429. The van der Waals surface area contributed by atoms with E-state index in [4.69, 9.17) is 0 Å². The predicted molar refractivity (Wildman–Crippen MR) is 101 cm³/mol. The summed E-state index contributed by atoms with van der Waals surface area (Å²) in [5, 5.41) is 3.55. The van der Waals surface area contributed by atoms with Crippen LogP contribution in [0.25, 0.3) is 5.57 Å². The Bertz CT molecular complexity index is 623. The molecule has 2 nitrogen and oxygen atoms in total. The minimum absolute atomic E-state index is 0.265. The number of hydrogen-bond acceptors (Lipinski definition) is 2. The topological polar surface area (TPSA) is 15.3 Å². The molecule has 1 aliphatic heterocycles. The first-order chi connectivity index (χ1) is 11.2. The van der Waals surface area contributed by atoms with Crippen molar-refractivity contribution < 1.29 is 0 Å². The van der Waals surface area contributed by atoms with Gasteiger partial charge in [-0.1, -0.05) is 31.2 Å². The van der Waals surface area contributed by atoms with Crippen molar-refractivity contribution in [3.8, 4) is 0 Å². The molecule has 124 valence electrons. The number of rotatable bonds is 6. The van der Waals surface area contributed by atoms with Gasteiger partial charge in [-0.2, -0.15) is 0 Å². The minimum Gasteiger partial charge on any atom is -0.387 e. The van der Waals surface area contributed by atoms with Crippen LogP contribution in [0.4, 0.5) is 0 Å². The molecule has 0 bridgehead atoms. The normalized spacial score (nSPS) is 18.1. The molecule has 1 heterocycles. The fourth-order valence-electron chi connectivity index (χ4n) is 3.34. The third-order valence-electron chi connectivity index (χ3n) is 4.54. The molecule has 1 unspecified atom stereocenters. The van der Waals surface area contributed by atoms with Gasteiger partial charge < -0.3 is 10.2 Å². The zero-order valence-electron chi connectivity index (χ0n) is 15.2. The fourth-order valence-corrected chi connectivity index (χ4v) is 3.34. The summed E-state index contributed by atoms with van der Waals surface area (Å²) in [5.74, 6) is 0. The van der Waals surface area contributed by atoms with E-state index in [1.54, 1.807) is 0 Å². The molecule has 1 N–H and O–H groups in total. The summed E-state index contributed by atoms with van der Waals surface area (Å²) in [5.41, 5.74) is 6.78. The van der Waals surface area contributed by atoms with Gasteiger partial charge in [0.2, 0.25) is 0 Å². The molecule has 2 rings (SSSR count). The molecular formula is C21H30N2. The van der Waals surface area contributed by atoms with Crippen LogP contribution in [0.2, 0.25) is 0 Å². The summed E-state index contributed by atoms with van der Waals surface area (Å²) < 4.78 is 0. The summed E-state index contributed by atoms with van der Waals surface area (Å²) in [6.07, 6.45) is 9.90. The van der Waals surface area contributed by atoms with E-state index in [9.17, 15) is 0 Å². The first-order valence-corrected chi connectivity index (χ1v) is 8.80. The molecule has 1 atom stereocenters. The summed E-state index contributed by atoms with van der Waals surface area (Å²) in [7, 11) is 0. The lowest BCUT2D eigenvalue weighted by atomic mass is 9.89. The van der Waals surface area contributed by atoms with Crippen LogP contribution in [-0.2, 0) is 6.42 Å². The lowest BCUT2D eigenvalue weighted by Crippen LogP contribution is -2.40. The number of likely N-dealkylation sites (N-methyl/N-ethyl adjacent to an activating group) is 2. The second kappa shape index (κ2) is 8.05. The van der Waals surface area contributed by atoms with Crippen molar-refractivity contribution in [3.63, 3.8) is 0 Å². The molecule has 23 heavy (non-hydrogen) atoms. The second-order valence-electron chi connectivity index (χ2n) is 5.97. The molecule has 0 spiro atoms. The van der Waals surface area contributed by atoms with Gasteiger partial charge in [-0.3, -0.25) is 0 Å². The molecule has 1 aromatic rings. The number of aryl methyl sites for hydroxylation is 2. The van der Waals surface area contributed by atoms with E-state index in [0.717, 1.165) is 19.5 Å². The standard InChI is InChI=1S/C21H30N2/c1-6-17-12-13-19(16(5)15-17)18(7-2)21-20(22-8-3)11-10-14-23(21)9-4/h7,10-15,21-22H,6,8-9H2,1-5H3/b18-7+. The van der Waals surface area contributed by atoms with Gasteiger partial charge in [-0.25, -0.2) is 0 Å². The molecular weight excluding hydrogens is 280 g/mol. The van der Waals surface area contributed by atoms with E-state index >= 15 is 0 Å². The average molecular weight is 310 g/mol. The van der Waals surface area contributed by atoms with Gasteiger partial charge in [0.05, 0.1) is 6.04 Å². The Labute approximate surface area is 141 Å². The van der Waals surface area contributed by atoms with Crippen molar-refractivity contribution in [2.75, 3.05) is 13.1 Å². The number of allylic oxidation sites excluding steroid dienone is 3. The maximum atomic E-state index is 3.55. The Morgan fingerprint density at radius 1 is 1.26 bits per heavy atom. The Kier molecular flexibility index (Phi) is 6.09. The van der Waals surface area contributed by atoms with Crippen LogP contribution in [0.15, 0.2) is 48.3 Å². The summed E-state index contributed by atoms with van der Waals surface area (Å²) in [4.78, 5) is 2.40. The Morgan fingerprint density at radius 2 is 2.04 bits per heavy atom. The molecule has 1 aromatic carbocycles. The first kappa shape index (κ1) is 17.4. The molecule has 0 radical (unpaired) electrons. The SMILES string of the molecule is C/C=C(\c1ccc(CC)cc1C)C1C(NCC)=CC=CN1CC. The molecule has 1 aliphatic rings. The van der Waals surface area contributed by atoms with E-state index in [1.165, 1.54) is 28.0 Å². The summed E-state index contributed by atoms with van der Waals surface area (Å²) in [6, 6.07) is 7.14. The predicted octanol–water partition coefficient (Wildman–Crippen LogP) is 4.67. The van der Waals surface area contributed by atoms with E-state index in [1.807, 2.05) is 0 Å². The van der Waals surface area contributed by atoms with Crippen LogP contribution in [0, 0.1) is 6.92 Å². The van der Waals surface area contributed by atoms with Crippen molar-refractivity contribution >= 4 is 5.57 Å². The van der Waals surface area contributed by atoms with Gasteiger partial charge in [0.15, 0.2) is 0 Å². The van der Waals surface area contributed by atoms with Gasteiger partial charge in [0.25, 0.3) is 0 Å². The zero-order chi connectivity index (χ0) is 16.8. The molecule has 0 aliphatic carbocycles. The third-order valence-corrected chi connectivity index (χ3v) is 4.54. The number of hydrogen-bond donors (Lipinski definition) is 1. The van der Waals surface area contributed by atoms with Crippen LogP contribution in [-0.4, -0.2) is 24.0 Å². The number of nitrogens with one attached hydrogen (secondary N) is 1.